The van der Waals surface area contributed by atoms with Crippen molar-refractivity contribution in [3.05, 3.63) is 65.7 Å². The molecule has 0 saturated carbocycles. The molecule has 1 saturated heterocycles. The van der Waals surface area contributed by atoms with Crippen molar-refractivity contribution in [1.82, 2.24) is 20.2 Å². The Morgan fingerprint density at radius 1 is 1.05 bits per heavy atom. The molecule has 4 aromatic rings. The Kier molecular flexibility index (Phi) is 7.00. The highest BCUT2D eigenvalue weighted by atomic mass is 19.4. The summed E-state index contributed by atoms with van der Waals surface area (Å²) >= 11 is 0. The second-order valence-corrected chi connectivity index (χ2v) is 9.10. The summed E-state index contributed by atoms with van der Waals surface area (Å²) in [5.41, 5.74) is -0.213. The van der Waals surface area contributed by atoms with Gasteiger partial charge in [0, 0.05) is 24.2 Å². The highest BCUT2D eigenvalue weighted by Crippen LogP contribution is 2.43. The maximum Gasteiger partial charge on any atom is 0.422 e. The smallest absolute Gasteiger partial charge is 0.422 e. The lowest BCUT2D eigenvalue weighted by Gasteiger charge is -2.32. The number of benzene rings is 2. The van der Waals surface area contributed by atoms with Crippen LogP contribution in [0.2, 0.25) is 0 Å². The van der Waals surface area contributed by atoms with Crippen molar-refractivity contribution in [3.63, 3.8) is 0 Å². The minimum absolute atomic E-state index is 0.0344. The molecule has 1 aliphatic rings. The van der Waals surface area contributed by atoms with Crippen LogP contribution in [0.1, 0.15) is 30.1 Å². The number of hydrogen-bond acceptors (Lipinski definition) is 8. The van der Waals surface area contributed by atoms with Gasteiger partial charge in [-0.25, -0.2) is 0 Å². The van der Waals surface area contributed by atoms with E-state index in [1.54, 1.807) is 42.5 Å². The molecule has 1 unspecified atom stereocenters. The Labute approximate surface area is 214 Å². The molecule has 0 spiro atoms. The number of carbonyl (C=O) groups is 1. The van der Waals surface area contributed by atoms with Gasteiger partial charge in [0.1, 0.15) is 11.3 Å². The van der Waals surface area contributed by atoms with E-state index < -0.39 is 41.4 Å². The lowest BCUT2D eigenvalue weighted by Crippen LogP contribution is -2.40. The first-order valence-electron chi connectivity index (χ1n) is 11.9. The molecule has 1 aliphatic heterocycles. The lowest BCUT2D eigenvalue weighted by molar-refractivity contribution is -0.143. The monoisotopic (exact) mass is 528 g/mol. The summed E-state index contributed by atoms with van der Waals surface area (Å²) in [5.74, 6) is -2.39. The molecule has 0 amide bonds. The molecule has 2 atom stereocenters. The molecule has 9 nitrogen and oxygen atoms in total. The molecule has 2 aromatic heterocycles. The zero-order chi connectivity index (χ0) is 26.9. The number of rotatable bonds is 7. The summed E-state index contributed by atoms with van der Waals surface area (Å²) in [4.78, 5) is 17.3. The Balaban J connectivity index is 1.34. The van der Waals surface area contributed by atoms with E-state index in [9.17, 15) is 28.2 Å². The van der Waals surface area contributed by atoms with Gasteiger partial charge in [0.05, 0.1) is 12.0 Å². The second-order valence-electron chi connectivity index (χ2n) is 9.10. The number of aliphatic hydroxyl groups excluding tert-OH is 1. The topological polar surface area (TPSA) is 126 Å². The van der Waals surface area contributed by atoms with E-state index >= 15 is 0 Å². The van der Waals surface area contributed by atoms with Crippen LogP contribution >= 0.6 is 0 Å². The summed E-state index contributed by atoms with van der Waals surface area (Å²) in [6.07, 6.45) is -4.27. The van der Waals surface area contributed by atoms with Crippen LogP contribution in [-0.4, -0.2) is 56.0 Å². The fourth-order valence-electron chi connectivity index (χ4n) is 4.55. The number of β-amino-alcohol motifs (C(OH)–C–C–N with tert-alkyl or cyclic N) is 1. The van der Waals surface area contributed by atoms with Gasteiger partial charge in [-0.3, -0.25) is 9.69 Å². The maximum absolute atomic E-state index is 13.9. The molecule has 2 aromatic carbocycles. The second kappa shape index (κ2) is 10.4. The predicted molar refractivity (Wildman–Crippen MR) is 127 cm³/mol. The average molecular weight is 528 g/mol. The van der Waals surface area contributed by atoms with Crippen molar-refractivity contribution in [3.8, 4) is 34.3 Å². The minimum Gasteiger partial charge on any atom is -0.481 e. The Morgan fingerprint density at radius 2 is 1.79 bits per heavy atom. The van der Waals surface area contributed by atoms with Crippen LogP contribution < -0.4 is 0 Å². The minimum atomic E-state index is -4.79. The van der Waals surface area contributed by atoms with E-state index in [0.29, 0.717) is 30.6 Å². The van der Waals surface area contributed by atoms with Crippen molar-refractivity contribution in [2.45, 2.75) is 25.1 Å². The molecule has 2 N–H and O–H groups in total. The fourth-order valence-corrected chi connectivity index (χ4v) is 4.55. The average Bonchev–Trinajstić information content (AvgIpc) is 3.57. The number of hydrogen-bond donors (Lipinski definition) is 2. The van der Waals surface area contributed by atoms with Crippen molar-refractivity contribution in [2.75, 3.05) is 19.6 Å². The number of carboxylic acid groups (broad SMARTS) is 1. The zero-order valence-electron chi connectivity index (χ0n) is 19.9. The highest BCUT2D eigenvalue weighted by molar-refractivity contribution is 5.71. The quantitative estimate of drug-likeness (QED) is 0.344. The van der Waals surface area contributed by atoms with Crippen LogP contribution in [0.15, 0.2) is 63.6 Å². The lowest BCUT2D eigenvalue weighted by atomic mass is 9.97. The van der Waals surface area contributed by atoms with E-state index in [1.165, 1.54) is 12.1 Å². The van der Waals surface area contributed by atoms with E-state index in [-0.39, 0.29) is 23.6 Å². The predicted octanol–water partition coefficient (Wildman–Crippen LogP) is 4.91. The van der Waals surface area contributed by atoms with Crippen molar-refractivity contribution >= 4 is 5.97 Å². The molecule has 0 bridgehead atoms. The summed E-state index contributed by atoms with van der Waals surface area (Å²) in [7, 11) is 0. The highest BCUT2D eigenvalue weighted by Gasteiger charge is 2.43. The molecular formula is C26H23F3N4O5. The number of aliphatic hydroxyl groups is 1. The first kappa shape index (κ1) is 25.6. The van der Waals surface area contributed by atoms with E-state index in [2.05, 4.69) is 15.3 Å². The number of piperidine rings is 1. The third-order valence-corrected chi connectivity index (χ3v) is 6.48. The maximum atomic E-state index is 13.9. The normalized spacial score (nSPS) is 17.4. The molecule has 0 aliphatic carbocycles. The molecular weight excluding hydrogens is 505 g/mol. The van der Waals surface area contributed by atoms with Gasteiger partial charge in [-0.1, -0.05) is 64.9 Å². The number of nitrogens with zero attached hydrogens (tertiary/aromatic N) is 4. The van der Waals surface area contributed by atoms with Gasteiger partial charge in [0.15, 0.2) is 0 Å². The van der Waals surface area contributed by atoms with Crippen LogP contribution in [0.5, 0.6) is 0 Å². The molecule has 5 rings (SSSR count). The Morgan fingerprint density at radius 3 is 2.47 bits per heavy atom. The van der Waals surface area contributed by atoms with Crippen molar-refractivity contribution < 1.29 is 37.2 Å². The zero-order valence-corrected chi connectivity index (χ0v) is 19.9. The SMILES string of the molecule is O=C(O)C1CCCN(C[C@H](O)c2ccc(-c3noc(-c4onc(-c5ccccc5)c4C(F)(F)F)n3)cc2)C1. The molecule has 198 valence electrons. The van der Waals surface area contributed by atoms with Gasteiger partial charge in [-0.05, 0) is 24.9 Å². The largest absolute Gasteiger partial charge is 0.481 e. The first-order chi connectivity index (χ1) is 18.2. The number of likely N-dealkylation sites (tertiary alicyclic amines) is 1. The summed E-state index contributed by atoms with van der Waals surface area (Å²) in [6.45, 7) is 1.37. The molecule has 3 heterocycles. The van der Waals surface area contributed by atoms with Crippen LogP contribution in [-0.2, 0) is 11.0 Å². The van der Waals surface area contributed by atoms with Crippen molar-refractivity contribution in [2.24, 2.45) is 5.92 Å². The van der Waals surface area contributed by atoms with E-state index in [0.717, 1.165) is 6.42 Å². The number of carboxylic acids is 1. The molecule has 1 fully saturated rings. The number of aromatic nitrogens is 3. The number of halogens is 3. The van der Waals surface area contributed by atoms with Gasteiger partial charge in [0.2, 0.25) is 11.6 Å². The van der Waals surface area contributed by atoms with Gasteiger partial charge in [-0.2, -0.15) is 18.2 Å². The third kappa shape index (κ3) is 5.31. The summed E-state index contributed by atoms with van der Waals surface area (Å²) < 4.78 is 52.0. The van der Waals surface area contributed by atoms with Crippen LogP contribution in [0.25, 0.3) is 34.3 Å². The molecule has 38 heavy (non-hydrogen) atoms. The fraction of sp³-hybridized carbons (Fsp3) is 0.308. The van der Waals surface area contributed by atoms with Gasteiger partial charge in [-0.15, -0.1) is 0 Å². The van der Waals surface area contributed by atoms with E-state index in [4.69, 9.17) is 9.05 Å². The van der Waals surface area contributed by atoms with Crippen LogP contribution in [0.4, 0.5) is 13.2 Å². The molecule has 12 heteroatoms. The Bertz CT molecular complexity index is 1400. The number of alkyl halides is 3. The third-order valence-electron chi connectivity index (χ3n) is 6.48. The van der Waals surface area contributed by atoms with Crippen LogP contribution in [0.3, 0.4) is 0 Å². The van der Waals surface area contributed by atoms with Gasteiger partial charge >= 0.3 is 12.1 Å². The van der Waals surface area contributed by atoms with Gasteiger partial charge < -0.3 is 19.3 Å². The first-order valence-corrected chi connectivity index (χ1v) is 11.9. The van der Waals surface area contributed by atoms with Gasteiger partial charge in [0.25, 0.3) is 5.89 Å². The standard InChI is InChI=1S/C26H23F3N4O5/c27-26(28,29)20-21(16-5-2-1-3-6-16)31-37-22(20)24-30-23(32-38-24)17-10-8-15(9-11-17)19(34)14-33-12-4-7-18(13-33)25(35)36/h1-3,5-6,8-11,18-19,34H,4,7,12-14H2,(H,35,36)/t18?,19-/m0/s1. The Hall–Kier alpha value is -4.03. The summed E-state index contributed by atoms with van der Waals surface area (Å²) in [6, 6.07) is 14.4. The summed E-state index contributed by atoms with van der Waals surface area (Å²) in [5, 5.41) is 27.3. The van der Waals surface area contributed by atoms with Crippen molar-refractivity contribution in [1.29, 1.82) is 0 Å². The number of aliphatic carboxylic acids is 1. The van der Waals surface area contributed by atoms with Crippen LogP contribution in [0, 0.1) is 5.92 Å². The molecule has 0 radical (unpaired) electrons. The van der Waals surface area contributed by atoms with E-state index in [1.807, 2.05) is 4.90 Å².